The molecule has 0 spiro atoms. The normalized spacial score (nSPS) is 13.4. The van der Waals surface area contributed by atoms with Crippen LogP contribution in [0.1, 0.15) is 11.1 Å². The largest absolute Gasteiger partial charge is 0.378 e. The maximum Gasteiger partial charge on any atom is 0.313 e. The average molecular weight is 430 g/mol. The van der Waals surface area contributed by atoms with Gasteiger partial charge in [0.15, 0.2) is 0 Å². The van der Waals surface area contributed by atoms with E-state index in [1.165, 1.54) is 0 Å². The first-order valence-electron chi connectivity index (χ1n) is 10.8. The highest BCUT2D eigenvalue weighted by Gasteiger charge is 2.24. The third kappa shape index (κ3) is 5.53. The highest BCUT2D eigenvalue weighted by molar-refractivity contribution is 6.39. The predicted octanol–water partition coefficient (Wildman–Crippen LogP) is 3.69. The minimum Gasteiger partial charge on any atom is -0.378 e. The fourth-order valence-corrected chi connectivity index (χ4v) is 3.79. The van der Waals surface area contributed by atoms with Crippen LogP contribution >= 0.6 is 0 Å². The van der Waals surface area contributed by atoms with Crippen molar-refractivity contribution in [3.63, 3.8) is 0 Å². The highest BCUT2D eigenvalue weighted by atomic mass is 16.5. The van der Waals surface area contributed by atoms with Crippen molar-refractivity contribution in [2.75, 3.05) is 36.5 Å². The predicted molar refractivity (Wildman–Crippen MR) is 125 cm³/mol. The van der Waals surface area contributed by atoms with Crippen molar-refractivity contribution in [1.82, 2.24) is 4.90 Å². The number of ether oxygens (including phenoxy) is 1. The molecule has 6 heteroatoms. The van der Waals surface area contributed by atoms with Crippen LogP contribution in [0.4, 0.5) is 11.4 Å². The lowest BCUT2D eigenvalue weighted by Crippen LogP contribution is -2.40. The second kappa shape index (κ2) is 10.6. The summed E-state index contributed by atoms with van der Waals surface area (Å²) in [4.78, 5) is 30.0. The molecule has 0 saturated carbocycles. The first kappa shape index (κ1) is 21.6. The molecule has 3 aromatic carbocycles. The maximum absolute atomic E-state index is 13.2. The van der Waals surface area contributed by atoms with Crippen molar-refractivity contribution in [2.24, 2.45) is 0 Å². The summed E-state index contributed by atoms with van der Waals surface area (Å²) in [6.45, 7) is 3.48. The van der Waals surface area contributed by atoms with Gasteiger partial charge in [0.1, 0.15) is 0 Å². The molecule has 0 bridgehead atoms. The van der Waals surface area contributed by atoms with Gasteiger partial charge in [0.25, 0.3) is 0 Å². The Labute approximate surface area is 188 Å². The van der Waals surface area contributed by atoms with Gasteiger partial charge in [-0.3, -0.25) is 9.59 Å². The van der Waals surface area contributed by atoms with E-state index in [0.29, 0.717) is 32.0 Å². The van der Waals surface area contributed by atoms with E-state index in [9.17, 15) is 9.59 Å². The summed E-state index contributed by atoms with van der Waals surface area (Å²) >= 11 is 0. The summed E-state index contributed by atoms with van der Waals surface area (Å²) in [7, 11) is 0. The topological polar surface area (TPSA) is 61.9 Å². The highest BCUT2D eigenvalue weighted by Crippen LogP contribution is 2.26. The molecular weight excluding hydrogens is 402 g/mol. The quantitative estimate of drug-likeness (QED) is 0.607. The zero-order chi connectivity index (χ0) is 22.2. The molecule has 1 aliphatic rings. The van der Waals surface area contributed by atoms with E-state index in [4.69, 9.17) is 4.74 Å². The maximum atomic E-state index is 13.2. The van der Waals surface area contributed by atoms with Crippen LogP contribution < -0.4 is 10.2 Å². The molecule has 1 heterocycles. The van der Waals surface area contributed by atoms with Gasteiger partial charge in [-0.25, -0.2) is 0 Å². The van der Waals surface area contributed by atoms with Gasteiger partial charge in [-0.1, -0.05) is 72.8 Å². The van der Waals surface area contributed by atoms with E-state index in [-0.39, 0.29) is 0 Å². The number of nitrogens with zero attached hydrogens (tertiary/aromatic N) is 2. The number of anilines is 2. The molecule has 1 saturated heterocycles. The Morgan fingerprint density at radius 3 is 1.91 bits per heavy atom. The summed E-state index contributed by atoms with van der Waals surface area (Å²) < 4.78 is 5.44. The van der Waals surface area contributed by atoms with Crippen LogP contribution in [0.3, 0.4) is 0 Å². The van der Waals surface area contributed by atoms with Gasteiger partial charge in [-0.15, -0.1) is 0 Å². The number of para-hydroxylation sites is 2. The van der Waals surface area contributed by atoms with E-state index in [0.717, 1.165) is 29.9 Å². The molecule has 0 radical (unpaired) electrons. The second-order valence-electron chi connectivity index (χ2n) is 7.70. The number of hydrogen-bond acceptors (Lipinski definition) is 4. The smallest absolute Gasteiger partial charge is 0.313 e. The third-order valence-corrected chi connectivity index (χ3v) is 5.42. The SMILES string of the molecule is O=C(Nc1ccccc1N1CCOCC1)C(=O)N(Cc1ccccc1)Cc1ccccc1. The Morgan fingerprint density at radius 2 is 1.31 bits per heavy atom. The van der Waals surface area contributed by atoms with Crippen LogP contribution in [0, 0.1) is 0 Å². The number of benzene rings is 3. The van der Waals surface area contributed by atoms with E-state index < -0.39 is 11.8 Å². The van der Waals surface area contributed by atoms with Crippen molar-refractivity contribution in [3.05, 3.63) is 96.1 Å². The van der Waals surface area contributed by atoms with Crippen LogP contribution in [0.5, 0.6) is 0 Å². The molecule has 0 atom stereocenters. The number of carbonyl (C=O) groups excluding carboxylic acids is 2. The molecule has 3 aromatic rings. The van der Waals surface area contributed by atoms with Gasteiger partial charge in [0.2, 0.25) is 0 Å². The zero-order valence-electron chi connectivity index (χ0n) is 17.9. The molecule has 0 aliphatic carbocycles. The number of carbonyl (C=O) groups is 2. The van der Waals surface area contributed by atoms with Gasteiger partial charge in [-0.2, -0.15) is 0 Å². The molecule has 1 fully saturated rings. The van der Waals surface area contributed by atoms with Gasteiger partial charge < -0.3 is 19.9 Å². The monoisotopic (exact) mass is 429 g/mol. The molecule has 6 nitrogen and oxygen atoms in total. The van der Waals surface area contributed by atoms with Crippen molar-refractivity contribution in [2.45, 2.75) is 13.1 Å². The molecule has 164 valence electrons. The standard InChI is InChI=1S/C26H27N3O3/c30-25(27-23-13-7-8-14-24(23)28-15-17-32-18-16-28)26(31)29(19-21-9-3-1-4-10-21)20-22-11-5-2-6-12-22/h1-14H,15-20H2,(H,27,30). The molecule has 0 aromatic heterocycles. The summed E-state index contributed by atoms with van der Waals surface area (Å²) in [6.07, 6.45) is 0. The number of hydrogen-bond donors (Lipinski definition) is 1. The fraction of sp³-hybridized carbons (Fsp3) is 0.231. The summed E-state index contributed by atoms with van der Waals surface area (Å²) in [5.41, 5.74) is 3.47. The third-order valence-electron chi connectivity index (χ3n) is 5.42. The van der Waals surface area contributed by atoms with E-state index in [1.54, 1.807) is 4.90 Å². The minimum atomic E-state index is -0.641. The molecule has 0 unspecified atom stereocenters. The van der Waals surface area contributed by atoms with Gasteiger partial charge in [0, 0.05) is 26.2 Å². The van der Waals surface area contributed by atoms with Crippen LogP contribution in [-0.2, 0) is 27.4 Å². The summed E-state index contributed by atoms with van der Waals surface area (Å²) in [5.74, 6) is -1.20. The number of rotatable bonds is 6. The second-order valence-corrected chi connectivity index (χ2v) is 7.70. The van der Waals surface area contributed by atoms with Crippen LogP contribution in [0.2, 0.25) is 0 Å². The van der Waals surface area contributed by atoms with Gasteiger partial charge in [-0.05, 0) is 23.3 Å². The lowest BCUT2D eigenvalue weighted by molar-refractivity contribution is -0.144. The minimum absolute atomic E-state index is 0.354. The molecule has 4 rings (SSSR count). The first-order valence-corrected chi connectivity index (χ1v) is 10.8. The van der Waals surface area contributed by atoms with Crippen molar-refractivity contribution in [1.29, 1.82) is 0 Å². The lowest BCUT2D eigenvalue weighted by atomic mass is 10.1. The van der Waals surface area contributed by atoms with E-state index in [1.807, 2.05) is 84.9 Å². The molecule has 32 heavy (non-hydrogen) atoms. The van der Waals surface area contributed by atoms with Crippen molar-refractivity contribution < 1.29 is 14.3 Å². The fourth-order valence-electron chi connectivity index (χ4n) is 3.79. The van der Waals surface area contributed by atoms with Crippen LogP contribution in [0.25, 0.3) is 0 Å². The van der Waals surface area contributed by atoms with Gasteiger partial charge in [0.05, 0.1) is 24.6 Å². The lowest BCUT2D eigenvalue weighted by Gasteiger charge is -2.30. The Balaban J connectivity index is 1.52. The molecule has 1 N–H and O–H groups in total. The zero-order valence-corrected chi connectivity index (χ0v) is 17.9. The Hall–Kier alpha value is -3.64. The number of amides is 2. The Kier molecular flexibility index (Phi) is 7.15. The first-order chi connectivity index (χ1) is 15.7. The molecular formula is C26H27N3O3. The number of nitrogens with one attached hydrogen (secondary N) is 1. The van der Waals surface area contributed by atoms with Crippen molar-refractivity contribution >= 4 is 23.2 Å². The van der Waals surface area contributed by atoms with E-state index >= 15 is 0 Å². The number of morpholine rings is 1. The van der Waals surface area contributed by atoms with Crippen LogP contribution in [0.15, 0.2) is 84.9 Å². The van der Waals surface area contributed by atoms with Crippen LogP contribution in [-0.4, -0.2) is 43.0 Å². The Morgan fingerprint density at radius 1 is 0.781 bits per heavy atom. The van der Waals surface area contributed by atoms with Crippen molar-refractivity contribution in [3.8, 4) is 0 Å². The van der Waals surface area contributed by atoms with E-state index in [2.05, 4.69) is 10.2 Å². The average Bonchev–Trinajstić information content (AvgIpc) is 2.85. The summed E-state index contributed by atoms with van der Waals surface area (Å²) in [5, 5.41) is 2.85. The molecule has 1 aliphatic heterocycles. The van der Waals surface area contributed by atoms with Gasteiger partial charge >= 0.3 is 11.8 Å². The Bertz CT molecular complexity index is 993. The summed E-state index contributed by atoms with van der Waals surface area (Å²) in [6, 6.07) is 27.0. The molecule has 2 amide bonds.